The Labute approximate surface area is 129 Å². The van der Waals surface area contributed by atoms with Crippen molar-refractivity contribution in [1.82, 2.24) is 9.97 Å². The summed E-state index contributed by atoms with van der Waals surface area (Å²) in [7, 11) is 0. The molecular formula is C18H16N4. The van der Waals surface area contributed by atoms with Gasteiger partial charge >= 0.3 is 0 Å². The molecule has 2 aromatic heterocycles. The van der Waals surface area contributed by atoms with Crippen LogP contribution in [-0.2, 0) is 6.54 Å². The van der Waals surface area contributed by atoms with Crippen LogP contribution in [0.25, 0.3) is 10.9 Å². The highest BCUT2D eigenvalue weighted by Gasteiger charge is 2.09. The maximum absolute atomic E-state index is 9.37. The lowest BCUT2D eigenvalue weighted by molar-refractivity contribution is 1.10. The predicted molar refractivity (Wildman–Crippen MR) is 87.5 cm³/mol. The number of benzene rings is 1. The van der Waals surface area contributed by atoms with Crippen molar-refractivity contribution in [1.29, 1.82) is 5.26 Å². The van der Waals surface area contributed by atoms with E-state index < -0.39 is 0 Å². The van der Waals surface area contributed by atoms with E-state index in [2.05, 4.69) is 21.4 Å². The second-order valence-electron chi connectivity index (χ2n) is 5.25. The Balaban J connectivity index is 2.00. The summed E-state index contributed by atoms with van der Waals surface area (Å²) in [5.41, 5.74) is 4.37. The minimum absolute atomic E-state index is 0.539. The molecule has 3 rings (SSSR count). The van der Waals surface area contributed by atoms with E-state index in [-0.39, 0.29) is 0 Å². The number of nitrogens with zero attached hydrogens (tertiary/aromatic N) is 3. The fourth-order valence-electron chi connectivity index (χ4n) is 2.48. The molecule has 22 heavy (non-hydrogen) atoms. The number of nitrogens with one attached hydrogen (secondary N) is 1. The standard InChI is InChI=1S/C18H16N4/c1-12-8-17-16(13(2)21-12)9-15(10-19)18(22-17)20-11-14-6-4-3-5-7-14/h3-9H,11H2,1-2H3,(H,20,22). The number of anilines is 1. The van der Waals surface area contributed by atoms with Crippen LogP contribution in [0.4, 0.5) is 5.82 Å². The van der Waals surface area contributed by atoms with Gasteiger partial charge in [-0.05, 0) is 31.5 Å². The molecule has 0 radical (unpaired) electrons. The molecule has 3 aromatic rings. The number of pyridine rings is 2. The van der Waals surface area contributed by atoms with Crippen molar-refractivity contribution in [3.63, 3.8) is 0 Å². The zero-order valence-corrected chi connectivity index (χ0v) is 12.6. The molecule has 0 fully saturated rings. The zero-order chi connectivity index (χ0) is 15.5. The highest BCUT2D eigenvalue weighted by molar-refractivity contribution is 5.85. The first-order valence-electron chi connectivity index (χ1n) is 7.14. The van der Waals surface area contributed by atoms with Gasteiger partial charge in [-0.1, -0.05) is 30.3 Å². The topological polar surface area (TPSA) is 61.6 Å². The molecular weight excluding hydrogens is 272 g/mol. The Morgan fingerprint density at radius 1 is 1.09 bits per heavy atom. The smallest absolute Gasteiger partial charge is 0.144 e. The van der Waals surface area contributed by atoms with Gasteiger partial charge in [-0.25, -0.2) is 4.98 Å². The van der Waals surface area contributed by atoms with Gasteiger partial charge in [0.15, 0.2) is 0 Å². The highest BCUT2D eigenvalue weighted by atomic mass is 15.0. The maximum Gasteiger partial charge on any atom is 0.144 e. The van der Waals surface area contributed by atoms with E-state index in [4.69, 9.17) is 0 Å². The number of rotatable bonds is 3. The first-order valence-corrected chi connectivity index (χ1v) is 7.14. The number of hydrogen-bond acceptors (Lipinski definition) is 4. The lowest BCUT2D eigenvalue weighted by Gasteiger charge is -2.10. The van der Waals surface area contributed by atoms with Crippen LogP contribution in [0.5, 0.6) is 0 Å². The normalized spacial score (nSPS) is 10.4. The lowest BCUT2D eigenvalue weighted by Crippen LogP contribution is -2.04. The third-order valence-electron chi connectivity index (χ3n) is 3.55. The van der Waals surface area contributed by atoms with Gasteiger partial charge in [0.05, 0.1) is 11.1 Å². The summed E-state index contributed by atoms with van der Waals surface area (Å²) in [5.74, 6) is 0.615. The number of aromatic nitrogens is 2. The summed E-state index contributed by atoms with van der Waals surface area (Å²) in [4.78, 5) is 9.04. The molecule has 0 spiro atoms. The third kappa shape index (κ3) is 2.75. The summed E-state index contributed by atoms with van der Waals surface area (Å²) in [5, 5.41) is 13.6. The second kappa shape index (κ2) is 5.82. The molecule has 0 aliphatic rings. The molecule has 0 unspecified atom stereocenters. The number of nitriles is 1. The zero-order valence-electron chi connectivity index (χ0n) is 12.6. The first kappa shape index (κ1) is 14.0. The summed E-state index contributed by atoms with van der Waals surface area (Å²) < 4.78 is 0. The van der Waals surface area contributed by atoms with Crippen LogP contribution < -0.4 is 5.32 Å². The van der Waals surface area contributed by atoms with Gasteiger partial charge in [0.25, 0.3) is 0 Å². The second-order valence-corrected chi connectivity index (χ2v) is 5.25. The van der Waals surface area contributed by atoms with Crippen molar-refractivity contribution >= 4 is 16.7 Å². The monoisotopic (exact) mass is 288 g/mol. The van der Waals surface area contributed by atoms with Crippen molar-refractivity contribution < 1.29 is 0 Å². The minimum atomic E-state index is 0.539. The fraction of sp³-hybridized carbons (Fsp3) is 0.167. The molecule has 0 bridgehead atoms. The molecule has 0 atom stereocenters. The number of aryl methyl sites for hydroxylation is 2. The Kier molecular flexibility index (Phi) is 3.71. The highest BCUT2D eigenvalue weighted by Crippen LogP contribution is 2.23. The van der Waals surface area contributed by atoms with E-state index in [9.17, 15) is 5.26 Å². The Morgan fingerprint density at radius 3 is 2.59 bits per heavy atom. The molecule has 0 aliphatic carbocycles. The molecule has 108 valence electrons. The van der Waals surface area contributed by atoms with E-state index in [1.165, 1.54) is 0 Å². The van der Waals surface area contributed by atoms with Crippen molar-refractivity contribution in [2.75, 3.05) is 5.32 Å². The van der Waals surface area contributed by atoms with Crippen molar-refractivity contribution in [2.45, 2.75) is 20.4 Å². The molecule has 0 saturated heterocycles. The van der Waals surface area contributed by atoms with Crippen LogP contribution in [-0.4, -0.2) is 9.97 Å². The minimum Gasteiger partial charge on any atom is -0.365 e. The van der Waals surface area contributed by atoms with Gasteiger partial charge in [0.2, 0.25) is 0 Å². The Bertz CT molecular complexity index is 864. The Hall–Kier alpha value is -2.93. The third-order valence-corrected chi connectivity index (χ3v) is 3.55. The molecule has 2 heterocycles. The molecule has 0 amide bonds. The quantitative estimate of drug-likeness (QED) is 0.797. The van der Waals surface area contributed by atoms with Gasteiger partial charge < -0.3 is 5.32 Å². The first-order chi connectivity index (χ1) is 10.7. The maximum atomic E-state index is 9.37. The van der Waals surface area contributed by atoms with Crippen molar-refractivity contribution in [2.24, 2.45) is 0 Å². The van der Waals surface area contributed by atoms with Crippen molar-refractivity contribution in [3.8, 4) is 6.07 Å². The summed E-state index contributed by atoms with van der Waals surface area (Å²) in [6.07, 6.45) is 0. The van der Waals surface area contributed by atoms with Gasteiger partial charge in [0, 0.05) is 23.3 Å². The fourth-order valence-corrected chi connectivity index (χ4v) is 2.48. The Morgan fingerprint density at radius 2 is 1.86 bits per heavy atom. The van der Waals surface area contributed by atoms with Crippen LogP contribution in [0.1, 0.15) is 22.5 Å². The van der Waals surface area contributed by atoms with Gasteiger partial charge in [-0.2, -0.15) is 5.26 Å². The molecule has 1 N–H and O–H groups in total. The largest absolute Gasteiger partial charge is 0.365 e. The summed E-state index contributed by atoms with van der Waals surface area (Å²) in [6, 6.07) is 16.1. The van der Waals surface area contributed by atoms with Crippen LogP contribution in [0.2, 0.25) is 0 Å². The molecule has 0 aliphatic heterocycles. The van der Waals surface area contributed by atoms with Gasteiger partial charge in [-0.15, -0.1) is 0 Å². The van der Waals surface area contributed by atoms with Gasteiger partial charge in [0.1, 0.15) is 11.9 Å². The average molecular weight is 288 g/mol. The summed E-state index contributed by atoms with van der Waals surface area (Å²) in [6.45, 7) is 4.52. The van der Waals surface area contributed by atoms with Crippen LogP contribution in [0, 0.1) is 25.2 Å². The van der Waals surface area contributed by atoms with E-state index in [1.807, 2.05) is 56.3 Å². The number of hydrogen-bond donors (Lipinski definition) is 1. The predicted octanol–water partition coefficient (Wildman–Crippen LogP) is 3.73. The van der Waals surface area contributed by atoms with E-state index in [0.717, 1.165) is 27.9 Å². The number of fused-ring (bicyclic) bond motifs is 1. The van der Waals surface area contributed by atoms with Crippen molar-refractivity contribution in [3.05, 3.63) is 65.0 Å². The average Bonchev–Trinajstić information content (AvgIpc) is 2.53. The van der Waals surface area contributed by atoms with Gasteiger partial charge in [-0.3, -0.25) is 4.98 Å². The SMILES string of the molecule is Cc1cc2nc(NCc3ccccc3)c(C#N)cc2c(C)n1. The molecule has 4 nitrogen and oxygen atoms in total. The van der Waals surface area contributed by atoms with E-state index in [1.54, 1.807) is 0 Å². The molecule has 1 aromatic carbocycles. The molecule has 4 heteroatoms. The van der Waals surface area contributed by atoms with Crippen LogP contribution in [0.15, 0.2) is 42.5 Å². The van der Waals surface area contributed by atoms with E-state index in [0.29, 0.717) is 17.9 Å². The van der Waals surface area contributed by atoms with E-state index >= 15 is 0 Å². The van der Waals surface area contributed by atoms with Crippen LogP contribution >= 0.6 is 0 Å². The lowest BCUT2D eigenvalue weighted by atomic mass is 10.1. The summed E-state index contributed by atoms with van der Waals surface area (Å²) >= 11 is 0. The molecule has 0 saturated carbocycles. The van der Waals surface area contributed by atoms with Crippen LogP contribution in [0.3, 0.4) is 0 Å².